The highest BCUT2D eigenvalue weighted by molar-refractivity contribution is 9.10. The topological polar surface area (TPSA) is 64.3 Å². The van der Waals surface area contributed by atoms with Gasteiger partial charge in [0.15, 0.2) is 0 Å². The van der Waals surface area contributed by atoms with E-state index in [0.29, 0.717) is 27.7 Å². The fourth-order valence-electron chi connectivity index (χ4n) is 1.68. The van der Waals surface area contributed by atoms with Crippen LogP contribution >= 0.6 is 27.5 Å². The van der Waals surface area contributed by atoms with Crippen LogP contribution in [0.3, 0.4) is 0 Å². The van der Waals surface area contributed by atoms with Gasteiger partial charge < -0.3 is 15.8 Å². The second-order valence-corrected chi connectivity index (χ2v) is 5.36. The molecule has 0 aliphatic rings. The maximum Gasteiger partial charge on any atom is 0.257 e. The monoisotopic (exact) mass is 354 g/mol. The summed E-state index contributed by atoms with van der Waals surface area (Å²) in [7, 11) is 1.52. The van der Waals surface area contributed by atoms with Crippen molar-refractivity contribution in [1.82, 2.24) is 0 Å². The van der Waals surface area contributed by atoms with E-state index in [1.165, 1.54) is 7.11 Å². The van der Waals surface area contributed by atoms with Gasteiger partial charge in [-0.25, -0.2) is 0 Å². The molecular weight excluding hydrogens is 344 g/mol. The fraction of sp³-hybridized carbons (Fsp3) is 0.0714. The number of anilines is 2. The van der Waals surface area contributed by atoms with Gasteiger partial charge in [0.1, 0.15) is 5.75 Å². The van der Waals surface area contributed by atoms with Crippen LogP contribution in [0.25, 0.3) is 0 Å². The van der Waals surface area contributed by atoms with Gasteiger partial charge in [0.05, 0.1) is 23.4 Å². The molecule has 1 amide bonds. The van der Waals surface area contributed by atoms with Crippen LogP contribution in [0.1, 0.15) is 10.4 Å². The number of carbonyl (C=O) groups excluding carboxylic acids is 1. The highest BCUT2D eigenvalue weighted by atomic mass is 79.9. The van der Waals surface area contributed by atoms with Crippen molar-refractivity contribution in [2.45, 2.75) is 0 Å². The molecule has 0 atom stereocenters. The molecule has 0 unspecified atom stereocenters. The van der Waals surface area contributed by atoms with Gasteiger partial charge in [0, 0.05) is 10.2 Å². The molecule has 20 heavy (non-hydrogen) atoms. The Hall–Kier alpha value is -1.72. The van der Waals surface area contributed by atoms with Crippen LogP contribution < -0.4 is 15.8 Å². The van der Waals surface area contributed by atoms with Crippen LogP contribution in [0.4, 0.5) is 11.4 Å². The number of nitrogens with one attached hydrogen (secondary N) is 1. The van der Waals surface area contributed by atoms with Crippen molar-refractivity contribution in [3.63, 3.8) is 0 Å². The zero-order valence-electron chi connectivity index (χ0n) is 10.6. The number of hydrogen-bond donors (Lipinski definition) is 2. The lowest BCUT2D eigenvalue weighted by atomic mass is 10.2. The number of ether oxygens (including phenoxy) is 1. The summed E-state index contributed by atoms with van der Waals surface area (Å²) < 4.78 is 5.95. The fourth-order valence-corrected chi connectivity index (χ4v) is 2.25. The number of methoxy groups -OCH3 is 1. The number of carbonyl (C=O) groups is 1. The van der Waals surface area contributed by atoms with Gasteiger partial charge in [0.25, 0.3) is 5.91 Å². The summed E-state index contributed by atoms with van der Waals surface area (Å²) in [5.74, 6) is 0.193. The first-order valence-corrected chi connectivity index (χ1v) is 6.88. The zero-order chi connectivity index (χ0) is 14.7. The number of hydrogen-bond acceptors (Lipinski definition) is 3. The highest BCUT2D eigenvalue weighted by Crippen LogP contribution is 2.28. The van der Waals surface area contributed by atoms with E-state index in [2.05, 4.69) is 21.2 Å². The van der Waals surface area contributed by atoms with Crippen molar-refractivity contribution < 1.29 is 9.53 Å². The smallest absolute Gasteiger partial charge is 0.257 e. The van der Waals surface area contributed by atoms with Crippen LogP contribution in [-0.2, 0) is 0 Å². The molecule has 104 valence electrons. The maximum atomic E-state index is 12.3. The summed E-state index contributed by atoms with van der Waals surface area (Å²) in [5, 5.41) is 3.11. The first-order valence-electron chi connectivity index (χ1n) is 5.71. The van der Waals surface area contributed by atoms with E-state index in [9.17, 15) is 4.79 Å². The Kier molecular flexibility index (Phi) is 4.52. The SMILES string of the molecule is COc1ccc(N)cc1NC(=O)c1cc(Br)ccc1Cl. The third kappa shape index (κ3) is 3.23. The molecule has 0 bridgehead atoms. The molecule has 2 aromatic carbocycles. The summed E-state index contributed by atoms with van der Waals surface area (Å²) in [5.41, 5.74) is 7.10. The molecule has 0 radical (unpaired) electrons. The molecule has 0 aromatic heterocycles. The third-order valence-electron chi connectivity index (χ3n) is 2.64. The molecule has 2 rings (SSSR count). The Morgan fingerprint density at radius 3 is 2.75 bits per heavy atom. The van der Waals surface area contributed by atoms with Crippen molar-refractivity contribution in [2.75, 3.05) is 18.2 Å². The molecule has 2 aromatic rings. The summed E-state index contributed by atoms with van der Waals surface area (Å²) in [6.07, 6.45) is 0. The number of halogens is 2. The van der Waals surface area contributed by atoms with E-state index < -0.39 is 0 Å². The minimum absolute atomic E-state index is 0.333. The van der Waals surface area contributed by atoms with Gasteiger partial charge in [-0.1, -0.05) is 27.5 Å². The van der Waals surface area contributed by atoms with Gasteiger partial charge in [0.2, 0.25) is 0 Å². The predicted octanol–water partition coefficient (Wildman–Crippen LogP) is 3.95. The van der Waals surface area contributed by atoms with Crippen LogP contribution in [0.2, 0.25) is 5.02 Å². The van der Waals surface area contributed by atoms with Crippen LogP contribution in [0, 0.1) is 0 Å². The largest absolute Gasteiger partial charge is 0.495 e. The lowest BCUT2D eigenvalue weighted by Crippen LogP contribution is -2.13. The van der Waals surface area contributed by atoms with Gasteiger partial charge >= 0.3 is 0 Å². The minimum atomic E-state index is -0.333. The second kappa shape index (κ2) is 6.15. The summed E-state index contributed by atoms with van der Waals surface area (Å²) >= 11 is 9.33. The Balaban J connectivity index is 2.32. The van der Waals surface area contributed by atoms with Crippen molar-refractivity contribution >= 4 is 44.8 Å². The molecule has 0 saturated heterocycles. The quantitative estimate of drug-likeness (QED) is 0.820. The Morgan fingerprint density at radius 1 is 1.30 bits per heavy atom. The number of amides is 1. The molecule has 6 heteroatoms. The maximum absolute atomic E-state index is 12.3. The molecule has 4 nitrogen and oxygen atoms in total. The molecule has 0 spiro atoms. The average Bonchev–Trinajstić information content (AvgIpc) is 2.41. The number of nitrogens with two attached hydrogens (primary N) is 1. The van der Waals surface area contributed by atoms with Gasteiger partial charge in [-0.3, -0.25) is 4.79 Å². The molecule has 0 aliphatic carbocycles. The Bertz CT molecular complexity index is 662. The van der Waals surface area contributed by atoms with Crippen LogP contribution in [0.5, 0.6) is 5.75 Å². The standard InChI is InChI=1S/C14H12BrClN2O2/c1-20-13-5-3-9(17)7-12(13)18-14(19)10-6-8(15)2-4-11(10)16/h2-7H,17H2,1H3,(H,18,19). The third-order valence-corrected chi connectivity index (χ3v) is 3.47. The first kappa shape index (κ1) is 14.7. The van der Waals surface area contributed by atoms with E-state index in [4.69, 9.17) is 22.1 Å². The van der Waals surface area contributed by atoms with Gasteiger partial charge in [-0.05, 0) is 36.4 Å². The molecule has 0 heterocycles. The van der Waals surface area contributed by atoms with Gasteiger partial charge in [-0.2, -0.15) is 0 Å². The van der Waals surface area contributed by atoms with Crippen molar-refractivity contribution in [3.05, 3.63) is 51.5 Å². The second-order valence-electron chi connectivity index (χ2n) is 4.04. The van der Waals surface area contributed by atoms with E-state index in [1.54, 1.807) is 36.4 Å². The lowest BCUT2D eigenvalue weighted by Gasteiger charge is -2.11. The summed E-state index contributed by atoms with van der Waals surface area (Å²) in [6, 6.07) is 10.1. The average molecular weight is 356 g/mol. The summed E-state index contributed by atoms with van der Waals surface area (Å²) in [6.45, 7) is 0. The number of rotatable bonds is 3. The van der Waals surface area contributed by atoms with E-state index >= 15 is 0 Å². The van der Waals surface area contributed by atoms with E-state index in [1.807, 2.05) is 0 Å². The van der Waals surface area contributed by atoms with Gasteiger partial charge in [-0.15, -0.1) is 0 Å². The first-order chi connectivity index (χ1) is 9.51. The molecule has 0 fully saturated rings. The zero-order valence-corrected chi connectivity index (χ0v) is 13.0. The van der Waals surface area contributed by atoms with Crippen molar-refractivity contribution in [3.8, 4) is 5.75 Å². The van der Waals surface area contributed by atoms with E-state index in [-0.39, 0.29) is 5.91 Å². The predicted molar refractivity (Wildman–Crippen MR) is 84.5 cm³/mol. The summed E-state index contributed by atoms with van der Waals surface area (Å²) in [4.78, 5) is 12.3. The molecule has 0 aliphatic heterocycles. The molecule has 0 saturated carbocycles. The molecule has 3 N–H and O–H groups in total. The van der Waals surface area contributed by atoms with Crippen molar-refractivity contribution in [2.24, 2.45) is 0 Å². The lowest BCUT2D eigenvalue weighted by molar-refractivity contribution is 0.102. The normalized spacial score (nSPS) is 10.2. The highest BCUT2D eigenvalue weighted by Gasteiger charge is 2.13. The minimum Gasteiger partial charge on any atom is -0.495 e. The van der Waals surface area contributed by atoms with Crippen molar-refractivity contribution in [1.29, 1.82) is 0 Å². The number of nitrogen functional groups attached to an aromatic ring is 1. The molecular formula is C14H12BrClN2O2. The van der Waals surface area contributed by atoms with Crippen LogP contribution in [0.15, 0.2) is 40.9 Å². The number of benzene rings is 2. The van der Waals surface area contributed by atoms with E-state index in [0.717, 1.165) is 4.47 Å². The Morgan fingerprint density at radius 2 is 2.05 bits per heavy atom. The van der Waals surface area contributed by atoms with Crippen LogP contribution in [-0.4, -0.2) is 13.0 Å². The Labute approximate surface area is 130 Å².